The second kappa shape index (κ2) is 7.55. The van der Waals surface area contributed by atoms with Crippen molar-refractivity contribution in [2.24, 2.45) is 0 Å². The third-order valence-corrected chi connectivity index (χ3v) is 4.80. The molecular formula is C20H25N3O2. The highest BCUT2D eigenvalue weighted by Crippen LogP contribution is 2.19. The molecule has 3 rings (SSSR count). The zero-order chi connectivity index (χ0) is 17.8. The highest BCUT2D eigenvalue weighted by molar-refractivity contribution is 5.93. The number of benzene rings is 1. The van der Waals surface area contributed by atoms with Crippen molar-refractivity contribution in [2.45, 2.75) is 39.3 Å². The molecular weight excluding hydrogens is 314 g/mol. The lowest BCUT2D eigenvalue weighted by molar-refractivity contribution is -0.133. The van der Waals surface area contributed by atoms with E-state index in [0.29, 0.717) is 31.7 Å². The van der Waals surface area contributed by atoms with Gasteiger partial charge >= 0.3 is 0 Å². The summed E-state index contributed by atoms with van der Waals surface area (Å²) in [6, 6.07) is 11.9. The minimum atomic E-state index is -0.0269. The van der Waals surface area contributed by atoms with Crippen molar-refractivity contribution in [3.05, 3.63) is 59.4 Å². The molecule has 2 aromatic rings. The number of carbonyl (C=O) groups excluding carboxylic acids is 2. The van der Waals surface area contributed by atoms with Crippen molar-refractivity contribution >= 4 is 11.8 Å². The van der Waals surface area contributed by atoms with Gasteiger partial charge in [0.25, 0.3) is 5.91 Å². The quantitative estimate of drug-likeness (QED) is 0.931. The summed E-state index contributed by atoms with van der Waals surface area (Å²) in [5.74, 6) is 0.0922. The molecule has 5 heteroatoms. The Hall–Kier alpha value is -2.56. The van der Waals surface area contributed by atoms with E-state index in [2.05, 4.69) is 11.9 Å². The smallest absolute Gasteiger partial charge is 0.270 e. The zero-order valence-electron chi connectivity index (χ0n) is 14.9. The van der Waals surface area contributed by atoms with Gasteiger partial charge in [0.2, 0.25) is 5.91 Å². The highest BCUT2D eigenvalue weighted by atomic mass is 16.2. The summed E-state index contributed by atoms with van der Waals surface area (Å²) in [7, 11) is 0. The van der Waals surface area contributed by atoms with Crippen LogP contribution in [0.1, 0.15) is 41.4 Å². The summed E-state index contributed by atoms with van der Waals surface area (Å²) < 4.78 is 0. The van der Waals surface area contributed by atoms with E-state index in [9.17, 15) is 9.59 Å². The summed E-state index contributed by atoms with van der Waals surface area (Å²) in [5, 5.41) is 0. The zero-order valence-corrected chi connectivity index (χ0v) is 14.9. The minimum absolute atomic E-state index is 0.0269. The van der Waals surface area contributed by atoms with Crippen molar-refractivity contribution in [2.75, 3.05) is 13.1 Å². The van der Waals surface area contributed by atoms with E-state index in [1.165, 1.54) is 0 Å². The average molecular weight is 339 g/mol. The van der Waals surface area contributed by atoms with Crippen LogP contribution in [0.15, 0.2) is 42.6 Å². The third kappa shape index (κ3) is 3.92. The molecule has 2 amide bonds. The Kier molecular flexibility index (Phi) is 5.22. The van der Waals surface area contributed by atoms with Crippen LogP contribution in [0.25, 0.3) is 0 Å². The Morgan fingerprint density at radius 1 is 1.28 bits per heavy atom. The number of nitrogens with zero attached hydrogens (tertiary/aromatic N) is 2. The number of rotatable bonds is 4. The predicted molar refractivity (Wildman–Crippen MR) is 97.1 cm³/mol. The second-order valence-electron chi connectivity index (χ2n) is 6.66. The molecule has 25 heavy (non-hydrogen) atoms. The molecule has 1 atom stereocenters. The van der Waals surface area contributed by atoms with E-state index < -0.39 is 0 Å². The molecule has 0 aliphatic carbocycles. The Labute approximate surface area is 148 Å². The van der Waals surface area contributed by atoms with Crippen LogP contribution >= 0.6 is 0 Å². The van der Waals surface area contributed by atoms with E-state index in [1.807, 2.05) is 59.3 Å². The summed E-state index contributed by atoms with van der Waals surface area (Å²) in [6.45, 7) is 5.67. The highest BCUT2D eigenvalue weighted by Gasteiger charge is 2.31. The molecule has 0 saturated carbocycles. The molecule has 1 aromatic heterocycles. The van der Waals surface area contributed by atoms with E-state index in [0.717, 1.165) is 17.5 Å². The fourth-order valence-electron chi connectivity index (χ4n) is 3.35. The number of hydrogen-bond acceptors (Lipinski definition) is 2. The monoisotopic (exact) mass is 339 g/mol. The topological polar surface area (TPSA) is 56.4 Å². The largest absolute Gasteiger partial charge is 0.357 e. The minimum Gasteiger partial charge on any atom is -0.357 e. The number of amides is 2. The second-order valence-corrected chi connectivity index (χ2v) is 6.66. The maximum absolute atomic E-state index is 12.8. The Bertz CT molecular complexity index is 738. The van der Waals surface area contributed by atoms with Crippen molar-refractivity contribution < 1.29 is 9.59 Å². The molecule has 1 aromatic carbocycles. The fraction of sp³-hybridized carbons (Fsp3) is 0.400. The molecule has 0 radical (unpaired) electrons. The summed E-state index contributed by atoms with van der Waals surface area (Å²) in [5.41, 5.74) is 2.75. The summed E-state index contributed by atoms with van der Waals surface area (Å²) in [6.07, 6.45) is 3.02. The molecule has 1 aliphatic rings. The molecule has 2 heterocycles. The van der Waals surface area contributed by atoms with Gasteiger partial charge in [-0.2, -0.15) is 0 Å². The molecule has 1 N–H and O–H groups in total. The Morgan fingerprint density at radius 3 is 2.68 bits per heavy atom. The SMILES string of the molecule is CC[C@@H]1CN(C(=O)c2cc(C)c[nH]2)CCC(=O)N1Cc1ccccc1. The van der Waals surface area contributed by atoms with Crippen molar-refractivity contribution in [1.29, 1.82) is 0 Å². The van der Waals surface area contributed by atoms with Crippen LogP contribution in [0, 0.1) is 6.92 Å². The fourth-order valence-corrected chi connectivity index (χ4v) is 3.35. The lowest BCUT2D eigenvalue weighted by Gasteiger charge is -2.31. The van der Waals surface area contributed by atoms with E-state index in [-0.39, 0.29) is 17.9 Å². The Morgan fingerprint density at radius 2 is 2.04 bits per heavy atom. The standard InChI is InChI=1S/C20H25N3O2/c1-3-17-14-22(20(25)18-11-15(2)12-21-18)10-9-19(24)23(17)13-16-7-5-4-6-8-16/h4-8,11-12,17,21H,3,9-10,13-14H2,1-2H3/t17-/m1/s1. The van der Waals surface area contributed by atoms with Crippen molar-refractivity contribution in [3.63, 3.8) is 0 Å². The number of aryl methyl sites for hydroxylation is 1. The molecule has 1 aliphatic heterocycles. The van der Waals surface area contributed by atoms with Gasteiger partial charge in [0.15, 0.2) is 0 Å². The maximum Gasteiger partial charge on any atom is 0.270 e. The van der Waals surface area contributed by atoms with Crippen molar-refractivity contribution in [1.82, 2.24) is 14.8 Å². The first kappa shape index (κ1) is 17.3. The number of carbonyl (C=O) groups is 2. The van der Waals surface area contributed by atoms with Gasteiger partial charge in [-0.05, 0) is 30.5 Å². The van der Waals surface area contributed by atoms with Crippen LogP contribution in [0.5, 0.6) is 0 Å². The van der Waals surface area contributed by atoms with Gasteiger partial charge in [0, 0.05) is 38.3 Å². The van der Waals surface area contributed by atoms with Gasteiger partial charge < -0.3 is 14.8 Å². The number of aromatic nitrogens is 1. The molecule has 1 saturated heterocycles. The first-order chi connectivity index (χ1) is 12.1. The van der Waals surface area contributed by atoms with Gasteiger partial charge in [-0.1, -0.05) is 37.3 Å². The van der Waals surface area contributed by atoms with Crippen molar-refractivity contribution in [3.8, 4) is 0 Å². The number of H-pyrrole nitrogens is 1. The lowest BCUT2D eigenvalue weighted by atomic mass is 10.1. The number of aromatic amines is 1. The van der Waals surface area contributed by atoms with E-state index in [1.54, 1.807) is 0 Å². The number of hydrogen-bond donors (Lipinski definition) is 1. The summed E-state index contributed by atoms with van der Waals surface area (Å²) >= 11 is 0. The summed E-state index contributed by atoms with van der Waals surface area (Å²) in [4.78, 5) is 32.2. The van der Waals surface area contributed by atoms with E-state index in [4.69, 9.17) is 0 Å². The van der Waals surface area contributed by atoms with Gasteiger partial charge in [0.05, 0.1) is 0 Å². The average Bonchev–Trinajstić information content (AvgIpc) is 3.00. The normalized spacial score (nSPS) is 18.3. The van der Waals surface area contributed by atoms with Crippen LogP contribution in [0.4, 0.5) is 0 Å². The van der Waals surface area contributed by atoms with Crippen LogP contribution in [-0.2, 0) is 11.3 Å². The van der Waals surface area contributed by atoms with Crippen LogP contribution in [-0.4, -0.2) is 45.7 Å². The Balaban J connectivity index is 1.77. The van der Waals surface area contributed by atoms with Gasteiger partial charge in [0.1, 0.15) is 5.69 Å². The number of nitrogens with one attached hydrogen (secondary N) is 1. The molecule has 1 fully saturated rings. The van der Waals surface area contributed by atoms with Crippen LogP contribution < -0.4 is 0 Å². The molecule has 0 spiro atoms. The van der Waals surface area contributed by atoms with Crippen LogP contribution in [0.2, 0.25) is 0 Å². The van der Waals surface area contributed by atoms with Gasteiger partial charge in [-0.15, -0.1) is 0 Å². The van der Waals surface area contributed by atoms with Gasteiger partial charge in [-0.25, -0.2) is 0 Å². The first-order valence-electron chi connectivity index (χ1n) is 8.86. The molecule has 0 bridgehead atoms. The molecule has 5 nitrogen and oxygen atoms in total. The van der Waals surface area contributed by atoms with E-state index >= 15 is 0 Å². The maximum atomic E-state index is 12.8. The van der Waals surface area contributed by atoms with Gasteiger partial charge in [-0.3, -0.25) is 9.59 Å². The lowest BCUT2D eigenvalue weighted by Crippen LogP contribution is -2.43. The van der Waals surface area contributed by atoms with Crippen LogP contribution in [0.3, 0.4) is 0 Å². The third-order valence-electron chi connectivity index (χ3n) is 4.80. The molecule has 132 valence electrons. The molecule has 0 unspecified atom stereocenters. The predicted octanol–water partition coefficient (Wildman–Crippen LogP) is 2.98. The first-order valence-corrected chi connectivity index (χ1v) is 8.86.